The summed E-state index contributed by atoms with van der Waals surface area (Å²) in [6.45, 7) is 4.76. The van der Waals surface area contributed by atoms with Crippen LogP contribution in [0.2, 0.25) is 0 Å². The van der Waals surface area contributed by atoms with E-state index in [1.54, 1.807) is 12.0 Å². The summed E-state index contributed by atoms with van der Waals surface area (Å²) in [6.07, 6.45) is 0.267. The number of nitrogens with zero attached hydrogens (tertiary/aromatic N) is 2. The van der Waals surface area contributed by atoms with Crippen molar-refractivity contribution < 1.29 is 14.3 Å². The molecule has 0 aliphatic rings. The topological polar surface area (TPSA) is 62.6 Å². The number of amides is 1. The lowest BCUT2D eigenvalue weighted by Crippen LogP contribution is -2.35. The Morgan fingerprint density at radius 3 is 2.37 bits per heavy atom. The zero-order valence-electron chi connectivity index (χ0n) is 17.6. The number of methoxy groups -OCH3 is 1. The van der Waals surface area contributed by atoms with Crippen LogP contribution in [0.25, 0.3) is 10.8 Å². The van der Waals surface area contributed by atoms with Crippen LogP contribution in [-0.2, 0) is 4.79 Å². The van der Waals surface area contributed by atoms with Gasteiger partial charge in [-0.05, 0) is 66.6 Å². The average Bonchev–Trinajstić information content (AvgIpc) is 2.79. The molecule has 0 N–H and O–H groups in total. The molecule has 3 aromatic rings. The number of hydrogen-bond acceptors (Lipinski definition) is 4. The van der Waals surface area contributed by atoms with E-state index >= 15 is 0 Å². The molecule has 0 saturated carbocycles. The molecule has 0 heterocycles. The second-order valence-corrected chi connectivity index (χ2v) is 7.02. The first-order valence-corrected chi connectivity index (χ1v) is 10.1. The zero-order valence-corrected chi connectivity index (χ0v) is 17.6. The highest BCUT2D eigenvalue weighted by Crippen LogP contribution is 2.28. The Hall–Kier alpha value is -3.52. The minimum atomic E-state index is -0.346. The van der Waals surface area contributed by atoms with Crippen LogP contribution < -0.4 is 14.4 Å². The molecule has 0 spiro atoms. The summed E-state index contributed by atoms with van der Waals surface area (Å²) < 4.78 is 10.8. The predicted octanol–water partition coefficient (Wildman–Crippen LogP) is 5.30. The smallest absolute Gasteiger partial charge is 0.234 e. The molecule has 5 nitrogen and oxygen atoms in total. The van der Waals surface area contributed by atoms with E-state index in [1.807, 2.05) is 74.5 Å². The van der Waals surface area contributed by atoms with Gasteiger partial charge in [-0.25, -0.2) is 0 Å². The van der Waals surface area contributed by atoms with Gasteiger partial charge in [-0.1, -0.05) is 24.3 Å². The Labute approximate surface area is 177 Å². The fourth-order valence-electron chi connectivity index (χ4n) is 3.43. The van der Waals surface area contributed by atoms with Gasteiger partial charge in [0.05, 0.1) is 32.1 Å². The molecular formula is C25H26N2O3. The first-order valence-electron chi connectivity index (χ1n) is 10.1. The molecule has 5 heteroatoms. The van der Waals surface area contributed by atoms with Crippen molar-refractivity contribution in [3.05, 3.63) is 66.2 Å². The van der Waals surface area contributed by atoms with E-state index in [4.69, 9.17) is 14.7 Å². The van der Waals surface area contributed by atoms with Crippen molar-refractivity contribution in [2.24, 2.45) is 0 Å². The first kappa shape index (κ1) is 21.2. The number of carbonyl (C=O) groups is 1. The Bertz CT molecular complexity index is 1050. The SMILES string of the molecule is CCOc1ccc(N(CCC#N)C(=O)[C@@H](C)c2ccc3cc(OC)ccc3c2)cc1. The van der Waals surface area contributed by atoms with Gasteiger partial charge in [-0.2, -0.15) is 5.26 Å². The van der Waals surface area contributed by atoms with Crippen LogP contribution in [0, 0.1) is 11.3 Å². The highest BCUT2D eigenvalue weighted by Gasteiger charge is 2.23. The lowest BCUT2D eigenvalue weighted by atomic mass is 9.96. The molecule has 0 aliphatic heterocycles. The number of hydrogen-bond donors (Lipinski definition) is 0. The largest absolute Gasteiger partial charge is 0.497 e. The third-order valence-electron chi connectivity index (χ3n) is 5.11. The van der Waals surface area contributed by atoms with Crippen LogP contribution in [0.15, 0.2) is 60.7 Å². The van der Waals surface area contributed by atoms with Crippen molar-refractivity contribution in [1.29, 1.82) is 5.26 Å². The molecule has 1 atom stereocenters. The van der Waals surface area contributed by atoms with E-state index in [9.17, 15) is 4.79 Å². The molecule has 0 bridgehead atoms. The second kappa shape index (κ2) is 9.80. The summed E-state index contributed by atoms with van der Waals surface area (Å²) in [6, 6.07) is 21.5. The van der Waals surface area contributed by atoms with Crippen molar-refractivity contribution in [2.75, 3.05) is 25.2 Å². The van der Waals surface area contributed by atoms with Crippen LogP contribution >= 0.6 is 0 Å². The molecule has 0 aliphatic carbocycles. The van der Waals surface area contributed by atoms with E-state index in [1.165, 1.54) is 0 Å². The average molecular weight is 402 g/mol. The van der Waals surface area contributed by atoms with Gasteiger partial charge in [-0.3, -0.25) is 4.79 Å². The van der Waals surface area contributed by atoms with Crippen molar-refractivity contribution >= 4 is 22.4 Å². The molecule has 0 aromatic heterocycles. The highest BCUT2D eigenvalue weighted by molar-refractivity contribution is 5.98. The summed E-state index contributed by atoms with van der Waals surface area (Å²) in [5, 5.41) is 11.2. The summed E-state index contributed by atoms with van der Waals surface area (Å²) in [5.41, 5.74) is 1.70. The standard InChI is InChI=1S/C25H26N2O3/c1-4-30-23-12-9-22(10-13-23)27(15-5-14-26)25(28)18(2)19-6-7-21-17-24(29-3)11-8-20(21)16-19/h6-13,16-18H,4-5,15H2,1-3H3/t18-/m0/s1. The van der Waals surface area contributed by atoms with Crippen LogP contribution in [-0.4, -0.2) is 26.2 Å². The van der Waals surface area contributed by atoms with Crippen molar-refractivity contribution in [2.45, 2.75) is 26.2 Å². The summed E-state index contributed by atoms with van der Waals surface area (Å²) in [4.78, 5) is 15.0. The van der Waals surface area contributed by atoms with Gasteiger partial charge in [0, 0.05) is 12.2 Å². The molecule has 0 radical (unpaired) electrons. The van der Waals surface area contributed by atoms with Gasteiger partial charge in [-0.15, -0.1) is 0 Å². The van der Waals surface area contributed by atoms with Crippen molar-refractivity contribution in [3.63, 3.8) is 0 Å². The third-order valence-corrected chi connectivity index (χ3v) is 5.11. The molecule has 0 fully saturated rings. The number of fused-ring (bicyclic) bond motifs is 1. The van der Waals surface area contributed by atoms with Gasteiger partial charge in [0.25, 0.3) is 0 Å². The highest BCUT2D eigenvalue weighted by atomic mass is 16.5. The molecule has 3 aromatic carbocycles. The quantitative estimate of drug-likeness (QED) is 0.513. The Kier molecular flexibility index (Phi) is 6.92. The first-order chi connectivity index (χ1) is 14.6. The number of nitriles is 1. The molecule has 3 rings (SSSR count). The van der Waals surface area contributed by atoms with E-state index in [2.05, 4.69) is 6.07 Å². The Morgan fingerprint density at radius 1 is 1.03 bits per heavy atom. The molecule has 0 unspecified atom stereocenters. The maximum Gasteiger partial charge on any atom is 0.234 e. The van der Waals surface area contributed by atoms with Gasteiger partial charge < -0.3 is 14.4 Å². The maximum absolute atomic E-state index is 13.4. The van der Waals surface area contributed by atoms with E-state index in [-0.39, 0.29) is 18.2 Å². The van der Waals surface area contributed by atoms with Crippen molar-refractivity contribution in [3.8, 4) is 17.6 Å². The number of carbonyl (C=O) groups excluding carboxylic acids is 1. The van der Waals surface area contributed by atoms with Crippen LogP contribution in [0.1, 0.15) is 31.7 Å². The number of benzene rings is 3. The van der Waals surface area contributed by atoms with E-state index < -0.39 is 0 Å². The predicted molar refractivity (Wildman–Crippen MR) is 119 cm³/mol. The van der Waals surface area contributed by atoms with Crippen LogP contribution in [0.4, 0.5) is 5.69 Å². The number of ether oxygens (including phenoxy) is 2. The Balaban J connectivity index is 1.87. The van der Waals surface area contributed by atoms with Gasteiger partial charge in [0.15, 0.2) is 0 Å². The molecular weight excluding hydrogens is 376 g/mol. The molecule has 30 heavy (non-hydrogen) atoms. The zero-order chi connectivity index (χ0) is 21.5. The maximum atomic E-state index is 13.4. The van der Waals surface area contributed by atoms with Crippen LogP contribution in [0.5, 0.6) is 11.5 Å². The summed E-state index contributed by atoms with van der Waals surface area (Å²) >= 11 is 0. The number of rotatable bonds is 8. The minimum absolute atomic E-state index is 0.0396. The minimum Gasteiger partial charge on any atom is -0.497 e. The normalized spacial score (nSPS) is 11.5. The molecule has 1 amide bonds. The summed E-state index contributed by atoms with van der Waals surface area (Å²) in [7, 11) is 1.65. The second-order valence-electron chi connectivity index (χ2n) is 7.02. The lowest BCUT2D eigenvalue weighted by Gasteiger charge is -2.26. The Morgan fingerprint density at radius 2 is 1.70 bits per heavy atom. The molecule has 0 saturated heterocycles. The molecule has 154 valence electrons. The summed E-state index contributed by atoms with van der Waals surface area (Å²) in [5.74, 6) is 1.17. The van der Waals surface area contributed by atoms with E-state index in [0.29, 0.717) is 13.2 Å². The lowest BCUT2D eigenvalue weighted by molar-refractivity contribution is -0.119. The van der Waals surface area contributed by atoms with Gasteiger partial charge >= 0.3 is 0 Å². The van der Waals surface area contributed by atoms with Crippen LogP contribution in [0.3, 0.4) is 0 Å². The number of anilines is 1. The van der Waals surface area contributed by atoms with Gasteiger partial charge in [0.1, 0.15) is 11.5 Å². The monoisotopic (exact) mass is 402 g/mol. The third kappa shape index (κ3) is 4.72. The fraction of sp³-hybridized carbons (Fsp3) is 0.280. The van der Waals surface area contributed by atoms with Crippen molar-refractivity contribution in [1.82, 2.24) is 0 Å². The van der Waals surface area contributed by atoms with E-state index in [0.717, 1.165) is 33.5 Å². The fourth-order valence-corrected chi connectivity index (χ4v) is 3.43. The van der Waals surface area contributed by atoms with Gasteiger partial charge in [0.2, 0.25) is 5.91 Å².